The SMILES string of the molecule is Oc1ccc(OCCCC2(C(F)(F)F)CCO2)cc1. The summed E-state index contributed by atoms with van der Waals surface area (Å²) in [6.45, 7) is 0.351. The molecule has 1 fully saturated rings. The van der Waals surface area contributed by atoms with E-state index in [1.807, 2.05) is 0 Å². The van der Waals surface area contributed by atoms with E-state index in [4.69, 9.17) is 14.6 Å². The maximum absolute atomic E-state index is 12.8. The molecule has 1 N–H and O–H groups in total. The molecule has 0 spiro atoms. The van der Waals surface area contributed by atoms with Gasteiger partial charge >= 0.3 is 6.18 Å². The summed E-state index contributed by atoms with van der Waals surface area (Å²) in [4.78, 5) is 0. The monoisotopic (exact) mass is 276 g/mol. The van der Waals surface area contributed by atoms with Crippen molar-refractivity contribution in [2.75, 3.05) is 13.2 Å². The molecule has 106 valence electrons. The van der Waals surface area contributed by atoms with Crippen LogP contribution >= 0.6 is 0 Å². The van der Waals surface area contributed by atoms with Crippen molar-refractivity contribution >= 4 is 0 Å². The van der Waals surface area contributed by atoms with Gasteiger partial charge in [-0.2, -0.15) is 13.2 Å². The number of phenolic OH excluding ortho intramolecular Hbond substituents is 1. The molecule has 19 heavy (non-hydrogen) atoms. The predicted molar refractivity (Wildman–Crippen MR) is 62.2 cm³/mol. The van der Waals surface area contributed by atoms with Crippen LogP contribution in [-0.2, 0) is 4.74 Å². The summed E-state index contributed by atoms with van der Waals surface area (Å²) in [5, 5.41) is 9.07. The molecule has 1 aliphatic heterocycles. The van der Waals surface area contributed by atoms with E-state index in [9.17, 15) is 13.2 Å². The maximum atomic E-state index is 12.8. The fourth-order valence-electron chi connectivity index (χ4n) is 2.00. The molecule has 2 rings (SSSR count). The van der Waals surface area contributed by atoms with Gasteiger partial charge in [-0.3, -0.25) is 0 Å². The van der Waals surface area contributed by atoms with E-state index in [2.05, 4.69) is 0 Å². The van der Waals surface area contributed by atoms with Crippen molar-refractivity contribution in [1.82, 2.24) is 0 Å². The van der Waals surface area contributed by atoms with Crippen LogP contribution in [0.15, 0.2) is 24.3 Å². The van der Waals surface area contributed by atoms with Crippen molar-refractivity contribution in [3.8, 4) is 11.5 Å². The zero-order valence-electron chi connectivity index (χ0n) is 10.2. The second-order valence-electron chi connectivity index (χ2n) is 4.54. The first-order valence-corrected chi connectivity index (χ1v) is 6.05. The van der Waals surface area contributed by atoms with Gasteiger partial charge in [0.1, 0.15) is 11.5 Å². The average Bonchev–Trinajstić information content (AvgIpc) is 2.27. The number of benzene rings is 1. The van der Waals surface area contributed by atoms with Crippen molar-refractivity contribution in [3.63, 3.8) is 0 Å². The van der Waals surface area contributed by atoms with Crippen LogP contribution in [-0.4, -0.2) is 30.1 Å². The summed E-state index contributed by atoms with van der Waals surface area (Å²) < 4.78 is 48.3. The minimum absolute atomic E-state index is 0.0235. The van der Waals surface area contributed by atoms with Gasteiger partial charge in [-0.05, 0) is 37.1 Å². The number of hydrogen-bond acceptors (Lipinski definition) is 3. The zero-order valence-corrected chi connectivity index (χ0v) is 10.2. The van der Waals surface area contributed by atoms with E-state index in [0.717, 1.165) is 0 Å². The molecule has 0 aliphatic carbocycles. The lowest BCUT2D eigenvalue weighted by Gasteiger charge is -2.43. The number of ether oxygens (including phenoxy) is 2. The van der Waals surface area contributed by atoms with E-state index in [-0.39, 0.29) is 38.2 Å². The van der Waals surface area contributed by atoms with Gasteiger partial charge in [0.25, 0.3) is 0 Å². The molecule has 0 bridgehead atoms. The van der Waals surface area contributed by atoms with Crippen LogP contribution in [0.5, 0.6) is 11.5 Å². The first-order chi connectivity index (χ1) is 8.93. The van der Waals surface area contributed by atoms with Crippen molar-refractivity contribution in [2.45, 2.75) is 31.0 Å². The molecule has 1 saturated heterocycles. The van der Waals surface area contributed by atoms with Crippen molar-refractivity contribution < 1.29 is 27.8 Å². The molecular weight excluding hydrogens is 261 g/mol. The molecule has 1 atom stereocenters. The highest BCUT2D eigenvalue weighted by Crippen LogP contribution is 2.45. The van der Waals surface area contributed by atoms with Crippen molar-refractivity contribution in [2.24, 2.45) is 0 Å². The van der Waals surface area contributed by atoms with Gasteiger partial charge in [0.2, 0.25) is 0 Å². The Hall–Kier alpha value is -1.43. The highest BCUT2D eigenvalue weighted by atomic mass is 19.4. The number of alkyl halides is 3. The fourth-order valence-corrected chi connectivity index (χ4v) is 2.00. The highest BCUT2D eigenvalue weighted by molar-refractivity contribution is 5.29. The van der Waals surface area contributed by atoms with Gasteiger partial charge in [-0.1, -0.05) is 0 Å². The standard InChI is InChI=1S/C13H15F3O3/c14-13(15,16)12(7-9-19-12)6-1-8-18-11-4-2-10(17)3-5-11/h2-5,17H,1,6-9H2. The summed E-state index contributed by atoms with van der Waals surface area (Å²) >= 11 is 0. The normalized spacial score (nSPS) is 22.9. The zero-order chi connectivity index (χ0) is 13.9. The van der Waals surface area contributed by atoms with Gasteiger partial charge in [0.05, 0.1) is 13.2 Å². The minimum atomic E-state index is -4.32. The number of halogens is 3. The van der Waals surface area contributed by atoms with Crippen molar-refractivity contribution in [3.05, 3.63) is 24.3 Å². The molecule has 0 radical (unpaired) electrons. The third-order valence-corrected chi connectivity index (χ3v) is 3.23. The highest BCUT2D eigenvalue weighted by Gasteiger charge is 2.59. The third kappa shape index (κ3) is 3.12. The Kier molecular flexibility index (Phi) is 3.89. The largest absolute Gasteiger partial charge is 0.508 e. The summed E-state index contributed by atoms with van der Waals surface area (Å²) in [6.07, 6.45) is -4.12. The van der Waals surface area contributed by atoms with Crippen LogP contribution in [0.4, 0.5) is 13.2 Å². The fraction of sp³-hybridized carbons (Fsp3) is 0.538. The number of rotatable bonds is 5. The maximum Gasteiger partial charge on any atom is 0.417 e. The molecule has 6 heteroatoms. The van der Waals surface area contributed by atoms with Gasteiger partial charge < -0.3 is 14.6 Å². The Balaban J connectivity index is 1.76. The molecule has 0 amide bonds. The van der Waals surface area contributed by atoms with E-state index < -0.39 is 11.8 Å². The van der Waals surface area contributed by atoms with E-state index in [1.165, 1.54) is 12.1 Å². The number of phenols is 1. The molecular formula is C13H15F3O3. The van der Waals surface area contributed by atoms with Crippen LogP contribution in [0, 0.1) is 0 Å². The number of hydrogen-bond donors (Lipinski definition) is 1. The van der Waals surface area contributed by atoms with E-state index in [1.54, 1.807) is 12.1 Å². The molecule has 1 heterocycles. The molecule has 3 nitrogen and oxygen atoms in total. The summed E-state index contributed by atoms with van der Waals surface area (Å²) in [5.41, 5.74) is -1.97. The molecule has 0 saturated carbocycles. The average molecular weight is 276 g/mol. The topological polar surface area (TPSA) is 38.7 Å². The van der Waals surface area contributed by atoms with Gasteiger partial charge in [0.15, 0.2) is 5.60 Å². The lowest BCUT2D eigenvalue weighted by atomic mass is 9.89. The molecule has 1 aromatic carbocycles. The third-order valence-electron chi connectivity index (χ3n) is 3.23. The Labute approximate surface area is 108 Å². The van der Waals surface area contributed by atoms with Gasteiger partial charge in [-0.15, -0.1) is 0 Å². The quantitative estimate of drug-likeness (QED) is 0.839. The first-order valence-electron chi connectivity index (χ1n) is 6.05. The van der Waals surface area contributed by atoms with Crippen LogP contribution in [0.3, 0.4) is 0 Å². The molecule has 1 aromatic rings. The second-order valence-corrected chi connectivity index (χ2v) is 4.54. The Morgan fingerprint density at radius 2 is 1.89 bits per heavy atom. The van der Waals surface area contributed by atoms with E-state index >= 15 is 0 Å². The Morgan fingerprint density at radius 3 is 2.37 bits per heavy atom. The van der Waals surface area contributed by atoms with Crippen molar-refractivity contribution in [1.29, 1.82) is 0 Å². The lowest BCUT2D eigenvalue weighted by molar-refractivity contribution is -0.327. The predicted octanol–water partition coefficient (Wildman–Crippen LogP) is 3.27. The first kappa shape index (κ1) is 14.0. The summed E-state index contributed by atoms with van der Waals surface area (Å²) in [7, 11) is 0. The minimum Gasteiger partial charge on any atom is -0.508 e. The van der Waals surface area contributed by atoms with Gasteiger partial charge in [-0.25, -0.2) is 0 Å². The Bertz CT molecular complexity index is 410. The van der Waals surface area contributed by atoms with Gasteiger partial charge in [0, 0.05) is 6.42 Å². The van der Waals surface area contributed by atoms with E-state index in [0.29, 0.717) is 5.75 Å². The number of aromatic hydroxyl groups is 1. The van der Waals surface area contributed by atoms with Crippen LogP contribution in [0.1, 0.15) is 19.3 Å². The molecule has 1 unspecified atom stereocenters. The van der Waals surface area contributed by atoms with Crippen LogP contribution < -0.4 is 4.74 Å². The molecule has 1 aliphatic rings. The van der Waals surface area contributed by atoms with Crippen LogP contribution in [0.25, 0.3) is 0 Å². The smallest absolute Gasteiger partial charge is 0.417 e. The lowest BCUT2D eigenvalue weighted by Crippen LogP contribution is -2.55. The Morgan fingerprint density at radius 1 is 1.26 bits per heavy atom. The second kappa shape index (κ2) is 5.28. The summed E-state index contributed by atoms with van der Waals surface area (Å²) in [5.74, 6) is 0.639. The van der Waals surface area contributed by atoms with Crippen LogP contribution in [0.2, 0.25) is 0 Å². The summed E-state index contributed by atoms with van der Waals surface area (Å²) in [6, 6.07) is 6.05. The molecule has 0 aromatic heterocycles.